The smallest absolute Gasteiger partial charge is 0.229 e. The normalized spacial score (nSPS) is 32.1. The van der Waals surface area contributed by atoms with Gasteiger partial charge in [-0.2, -0.15) is 0 Å². The van der Waals surface area contributed by atoms with Gasteiger partial charge in [-0.25, -0.2) is 14.4 Å². The molecule has 1 aromatic heterocycles. The zero-order valence-corrected chi connectivity index (χ0v) is 15.1. The molecule has 0 fully saturated rings. The minimum absolute atomic E-state index is 0.0878. The highest BCUT2D eigenvalue weighted by Gasteiger charge is 2.34. The van der Waals surface area contributed by atoms with Crippen LogP contribution in [0.2, 0.25) is 0 Å². The Labute approximate surface area is 165 Å². The van der Waals surface area contributed by atoms with Crippen molar-refractivity contribution < 1.29 is 16.9 Å². The maximum absolute atomic E-state index is 8.52. The summed E-state index contributed by atoms with van der Waals surface area (Å²) in [5.41, 5.74) is 0. The average Bonchev–Trinajstić information content (AvgIpc) is 3.29. The van der Waals surface area contributed by atoms with Gasteiger partial charge in [-0.05, 0) is 47.4 Å². The topological polar surface area (TPSA) is 16.8 Å². The first kappa shape index (κ1) is 9.51. The molecule has 0 aromatic carbocycles. The quantitative estimate of drug-likeness (QED) is 0.774. The molecular weight excluding hydrogens is 310 g/mol. The van der Waals surface area contributed by atoms with Gasteiger partial charge in [-0.15, -0.1) is 0 Å². The summed E-state index contributed by atoms with van der Waals surface area (Å²) in [6, 6.07) is 1.66. The number of aromatic nitrogens is 1. The SMILES string of the molecule is [2H]CC([2H])(C)N1C=CN(c2cccc(N3C=CN(C([2H])(C([2H])([2H])[2H])C([2H])([2H])[2H])[C@@H]3C)[n+]2C)[C@@H]1C. The molecular formula is C20H32N5+. The fourth-order valence-electron chi connectivity index (χ4n) is 3.38. The molecule has 5 nitrogen and oxygen atoms in total. The fourth-order valence-corrected chi connectivity index (χ4v) is 3.38. The summed E-state index contributed by atoms with van der Waals surface area (Å²) in [6.45, 7) is -0.942. The fraction of sp³-hybridized carbons (Fsp3) is 0.550. The number of anilines is 2. The Morgan fingerprint density at radius 1 is 0.960 bits per heavy atom. The molecule has 2 aliphatic heterocycles. The predicted octanol–water partition coefficient (Wildman–Crippen LogP) is 3.21. The standard InChI is InChI=1S/C20H32N5/c1-15(2)22-11-13-24(17(22)5)19-9-8-10-20(21(19)7)25-14-12-23(16(3)4)18(25)6/h8-18H,1-7H3/q+1/t17-,18+/i1D,3D3,4D3,15D,16D/t15?,17-,18+/m1/s1. The monoisotopic (exact) mass is 351 g/mol. The highest BCUT2D eigenvalue weighted by molar-refractivity contribution is 5.48. The molecule has 0 spiro atoms. The maximum atomic E-state index is 8.52. The van der Waals surface area contributed by atoms with Crippen LogP contribution in [0.25, 0.3) is 0 Å². The van der Waals surface area contributed by atoms with Crippen LogP contribution in [0.3, 0.4) is 0 Å². The van der Waals surface area contributed by atoms with E-state index in [9.17, 15) is 0 Å². The zero-order chi connectivity index (χ0) is 25.9. The van der Waals surface area contributed by atoms with Crippen molar-refractivity contribution in [2.45, 2.75) is 65.7 Å². The Hall–Kier alpha value is -2.17. The van der Waals surface area contributed by atoms with Crippen LogP contribution in [0.1, 0.15) is 53.7 Å². The van der Waals surface area contributed by atoms with Gasteiger partial charge in [0.05, 0.1) is 22.2 Å². The Kier molecular flexibility index (Phi) is 2.52. The van der Waals surface area contributed by atoms with E-state index in [-0.39, 0.29) is 13.1 Å². The van der Waals surface area contributed by atoms with Crippen LogP contribution < -0.4 is 14.4 Å². The second kappa shape index (κ2) is 6.62. The lowest BCUT2D eigenvalue weighted by molar-refractivity contribution is -0.646. The number of hydrogen-bond donors (Lipinski definition) is 0. The van der Waals surface area contributed by atoms with E-state index in [1.54, 1.807) is 36.0 Å². The number of rotatable bonds is 4. The molecule has 25 heavy (non-hydrogen) atoms. The van der Waals surface area contributed by atoms with E-state index in [4.69, 9.17) is 12.3 Å². The van der Waals surface area contributed by atoms with E-state index in [1.807, 2.05) is 47.8 Å². The van der Waals surface area contributed by atoms with Crippen molar-refractivity contribution in [3.63, 3.8) is 0 Å². The Balaban J connectivity index is 1.95. The van der Waals surface area contributed by atoms with Crippen LogP contribution in [-0.2, 0) is 7.05 Å². The molecule has 0 aliphatic carbocycles. The predicted molar refractivity (Wildman–Crippen MR) is 104 cm³/mol. The lowest BCUT2D eigenvalue weighted by Gasteiger charge is -2.31. The van der Waals surface area contributed by atoms with Crippen molar-refractivity contribution in [2.24, 2.45) is 7.05 Å². The van der Waals surface area contributed by atoms with Crippen LogP contribution in [0.4, 0.5) is 11.6 Å². The molecule has 3 atom stereocenters. The highest BCUT2D eigenvalue weighted by Crippen LogP contribution is 2.27. The van der Waals surface area contributed by atoms with Gasteiger partial charge in [0.25, 0.3) is 0 Å². The van der Waals surface area contributed by atoms with Gasteiger partial charge in [-0.3, -0.25) is 0 Å². The van der Waals surface area contributed by atoms with Gasteiger partial charge < -0.3 is 9.80 Å². The summed E-state index contributed by atoms with van der Waals surface area (Å²) in [6.07, 6.45) is 5.61. The molecule has 3 heterocycles. The molecule has 0 amide bonds. The van der Waals surface area contributed by atoms with E-state index in [0.29, 0.717) is 5.82 Å². The molecule has 0 N–H and O–H groups in total. The molecule has 1 unspecified atom stereocenters. The zero-order valence-electron chi connectivity index (χ0n) is 24.1. The summed E-state index contributed by atoms with van der Waals surface area (Å²) in [5, 5.41) is 0. The molecule has 0 radical (unpaired) electrons. The second-order valence-corrected chi connectivity index (χ2v) is 6.37. The summed E-state index contributed by atoms with van der Waals surface area (Å²) < 4.78 is 73.3. The highest BCUT2D eigenvalue weighted by atomic mass is 15.5. The van der Waals surface area contributed by atoms with Crippen molar-refractivity contribution in [3.05, 3.63) is 43.0 Å². The Morgan fingerprint density at radius 2 is 1.48 bits per heavy atom. The van der Waals surface area contributed by atoms with Crippen LogP contribution in [0.15, 0.2) is 43.0 Å². The Bertz CT molecular complexity index is 958. The molecule has 3 rings (SSSR count). The third kappa shape index (κ3) is 2.96. The summed E-state index contributed by atoms with van der Waals surface area (Å²) in [4.78, 5) is 6.56. The molecule has 5 heteroatoms. The molecule has 136 valence electrons. The van der Waals surface area contributed by atoms with E-state index < -0.39 is 31.9 Å². The first-order valence-corrected chi connectivity index (χ1v) is 8.27. The maximum Gasteiger partial charge on any atom is 0.229 e. The minimum atomic E-state index is -3.07. The van der Waals surface area contributed by atoms with Gasteiger partial charge in [0.2, 0.25) is 11.6 Å². The van der Waals surface area contributed by atoms with Gasteiger partial charge in [-0.1, -0.05) is 0 Å². The van der Waals surface area contributed by atoms with Crippen molar-refractivity contribution in [1.29, 1.82) is 0 Å². The van der Waals surface area contributed by atoms with E-state index in [0.717, 1.165) is 10.7 Å². The summed E-state index contributed by atoms with van der Waals surface area (Å²) in [7, 11) is 1.84. The van der Waals surface area contributed by atoms with Gasteiger partial charge >= 0.3 is 0 Å². The lowest BCUT2D eigenvalue weighted by Crippen LogP contribution is -2.49. The van der Waals surface area contributed by atoms with Crippen molar-refractivity contribution in [1.82, 2.24) is 9.80 Å². The van der Waals surface area contributed by atoms with Crippen LogP contribution in [0, 0.1) is 0 Å². The molecule has 1 aromatic rings. The first-order valence-electron chi connectivity index (χ1n) is 13.0. The van der Waals surface area contributed by atoms with Crippen molar-refractivity contribution >= 4 is 11.6 Å². The Morgan fingerprint density at radius 3 is 1.96 bits per heavy atom. The number of hydrogen-bond acceptors (Lipinski definition) is 4. The molecule has 0 saturated carbocycles. The first-order chi connectivity index (χ1) is 15.5. The van der Waals surface area contributed by atoms with Gasteiger partial charge in [0.1, 0.15) is 12.3 Å². The number of pyridine rings is 1. The van der Waals surface area contributed by atoms with Crippen LogP contribution >= 0.6 is 0 Å². The van der Waals surface area contributed by atoms with Gasteiger partial charge in [0, 0.05) is 46.2 Å². The summed E-state index contributed by atoms with van der Waals surface area (Å²) >= 11 is 0. The minimum Gasteiger partial charge on any atom is -0.340 e. The van der Waals surface area contributed by atoms with E-state index >= 15 is 0 Å². The van der Waals surface area contributed by atoms with Gasteiger partial charge in [0.15, 0.2) is 0 Å². The third-order valence-corrected chi connectivity index (χ3v) is 4.79. The molecule has 0 bridgehead atoms. The second-order valence-electron chi connectivity index (χ2n) is 6.37. The third-order valence-electron chi connectivity index (χ3n) is 4.79. The summed E-state index contributed by atoms with van der Waals surface area (Å²) in [5.74, 6) is 1.45. The van der Waals surface area contributed by atoms with Crippen molar-refractivity contribution in [2.75, 3.05) is 9.80 Å². The van der Waals surface area contributed by atoms with Crippen molar-refractivity contribution in [3.8, 4) is 0 Å². The largest absolute Gasteiger partial charge is 0.340 e. The lowest BCUT2D eigenvalue weighted by atomic mass is 10.3. The molecule has 2 aliphatic rings. The van der Waals surface area contributed by atoms with E-state index in [2.05, 4.69) is 0 Å². The van der Waals surface area contributed by atoms with E-state index in [1.165, 1.54) is 6.20 Å². The molecule has 0 saturated heterocycles. The van der Waals surface area contributed by atoms with Crippen LogP contribution in [0.5, 0.6) is 0 Å². The number of nitrogens with zero attached hydrogens (tertiary/aromatic N) is 5. The van der Waals surface area contributed by atoms with Crippen LogP contribution in [-0.4, -0.2) is 34.2 Å². The average molecular weight is 352 g/mol.